The molecule has 0 amide bonds. The number of carbonyl (C=O) groups is 1. The molecule has 0 aliphatic rings. The number of esters is 1. The van der Waals surface area contributed by atoms with E-state index < -0.39 is 6.85 Å². The van der Waals surface area contributed by atoms with E-state index >= 15 is 0 Å². The quantitative estimate of drug-likeness (QED) is 0.457. The Hall–Kier alpha value is -0.530. The third-order valence-electron chi connectivity index (χ3n) is 1.58. The van der Waals surface area contributed by atoms with Gasteiger partial charge in [-0.2, -0.15) is 0 Å². The Kier molecular flexibility index (Phi) is 3.40. The molecule has 0 fully saturated rings. The third-order valence-corrected chi connectivity index (χ3v) is 1.58. The fraction of sp³-hybridized carbons (Fsp3) is 0.889. The molecular weight excluding hydrogens is 140 g/mol. The summed E-state index contributed by atoms with van der Waals surface area (Å²) in [6, 6.07) is 0. The summed E-state index contributed by atoms with van der Waals surface area (Å²) in [5.41, 5.74) is 0. The van der Waals surface area contributed by atoms with Crippen molar-refractivity contribution in [1.82, 2.24) is 0 Å². The number of hydrogen-bond donors (Lipinski definition) is 0. The van der Waals surface area contributed by atoms with Gasteiger partial charge < -0.3 is 4.74 Å². The molecule has 1 atom stereocenters. The molecule has 1 unspecified atom stereocenters. The van der Waals surface area contributed by atoms with Crippen LogP contribution in [-0.2, 0) is 9.53 Å². The van der Waals surface area contributed by atoms with Gasteiger partial charge in [0.05, 0.1) is 12.5 Å². The number of carbonyl (C=O) groups excluding carboxylic acids is 1. The summed E-state index contributed by atoms with van der Waals surface area (Å²) in [6.45, 7) is 2.00. The molecule has 0 N–H and O–H groups in total. The predicted molar refractivity (Wildman–Crippen MR) is 45.3 cm³/mol. The van der Waals surface area contributed by atoms with Crippen LogP contribution in [0, 0.1) is 5.92 Å². The summed E-state index contributed by atoms with van der Waals surface area (Å²) in [6.07, 6.45) is 1.25. The maximum Gasteiger partial charge on any atom is 0.308 e. The van der Waals surface area contributed by atoms with Crippen LogP contribution in [-0.4, -0.2) is 12.6 Å². The van der Waals surface area contributed by atoms with Gasteiger partial charge in [0.25, 0.3) is 0 Å². The minimum Gasteiger partial charge on any atom is -0.465 e. The minimum atomic E-state index is -1.91. The van der Waals surface area contributed by atoms with E-state index in [1.807, 2.05) is 6.92 Å². The van der Waals surface area contributed by atoms with E-state index in [9.17, 15) is 4.79 Å². The van der Waals surface area contributed by atoms with E-state index in [-0.39, 0.29) is 24.9 Å². The fourth-order valence-corrected chi connectivity index (χ4v) is 0.554. The number of ether oxygens (including phenoxy) is 1. The first-order valence-corrected chi connectivity index (χ1v) is 4.03. The Morgan fingerprint density at radius 1 is 1.73 bits per heavy atom. The average Bonchev–Trinajstić information content (AvgIpc) is 2.09. The van der Waals surface area contributed by atoms with Gasteiger partial charge in [-0.25, -0.2) is 0 Å². The van der Waals surface area contributed by atoms with Gasteiger partial charge in [-0.1, -0.05) is 27.1 Å². The fourth-order valence-electron chi connectivity index (χ4n) is 0.554. The standard InChI is InChI=1S/C9H18O2/c1-4-6-7-11-9(10)8(3)5-2/h8H,4-7H2,1-3H3/i1D3. The zero-order valence-electron chi connectivity index (χ0n) is 10.2. The molecule has 0 saturated heterocycles. The zero-order valence-corrected chi connectivity index (χ0v) is 7.22. The third kappa shape index (κ3) is 4.82. The number of rotatable bonds is 5. The van der Waals surface area contributed by atoms with Crippen molar-refractivity contribution in [2.24, 2.45) is 5.92 Å². The lowest BCUT2D eigenvalue weighted by Gasteiger charge is -2.07. The van der Waals surface area contributed by atoms with Crippen LogP contribution in [0.2, 0.25) is 0 Å². The van der Waals surface area contributed by atoms with E-state index in [2.05, 4.69) is 0 Å². The van der Waals surface area contributed by atoms with Crippen LogP contribution in [0.25, 0.3) is 0 Å². The molecule has 0 aromatic carbocycles. The van der Waals surface area contributed by atoms with E-state index in [1.165, 1.54) is 0 Å². The van der Waals surface area contributed by atoms with Crippen molar-refractivity contribution in [3.05, 3.63) is 0 Å². The molecule has 0 bridgehead atoms. The zero-order chi connectivity index (χ0) is 11.2. The Bertz CT molecular complexity index is 177. The summed E-state index contributed by atoms with van der Waals surface area (Å²) in [5.74, 6) is -0.333. The summed E-state index contributed by atoms with van der Waals surface area (Å²) in [4.78, 5) is 11.1. The number of hydrogen-bond acceptors (Lipinski definition) is 2. The van der Waals surface area contributed by atoms with Crippen LogP contribution in [0.5, 0.6) is 0 Å². The first kappa shape index (κ1) is 6.04. The summed E-state index contributed by atoms with van der Waals surface area (Å²) >= 11 is 0. The van der Waals surface area contributed by atoms with Crippen molar-refractivity contribution in [1.29, 1.82) is 0 Å². The Balaban J connectivity index is 3.51. The largest absolute Gasteiger partial charge is 0.465 e. The molecule has 0 aromatic rings. The van der Waals surface area contributed by atoms with E-state index in [4.69, 9.17) is 8.85 Å². The predicted octanol–water partition coefficient (Wildman–Crippen LogP) is 2.38. The molecule has 0 saturated carbocycles. The Labute approximate surface area is 73.1 Å². The SMILES string of the molecule is [2H]C([2H])([2H])CCCOC(=O)C(C)CC. The molecule has 0 heterocycles. The van der Waals surface area contributed by atoms with Crippen LogP contribution >= 0.6 is 0 Å². The van der Waals surface area contributed by atoms with E-state index in [0.717, 1.165) is 6.42 Å². The molecule has 0 aliphatic carbocycles. The van der Waals surface area contributed by atoms with E-state index in [1.54, 1.807) is 6.92 Å². The van der Waals surface area contributed by atoms with Crippen LogP contribution < -0.4 is 0 Å². The normalized spacial score (nSPS) is 17.8. The highest BCUT2D eigenvalue weighted by atomic mass is 16.5. The topological polar surface area (TPSA) is 26.3 Å². The van der Waals surface area contributed by atoms with Crippen LogP contribution in [0.15, 0.2) is 0 Å². The second-order valence-corrected chi connectivity index (χ2v) is 2.58. The van der Waals surface area contributed by atoms with Gasteiger partial charge in [-0.15, -0.1) is 0 Å². The van der Waals surface area contributed by atoms with Crippen molar-refractivity contribution in [3.63, 3.8) is 0 Å². The highest BCUT2D eigenvalue weighted by molar-refractivity contribution is 5.71. The van der Waals surface area contributed by atoms with Gasteiger partial charge in [-0.05, 0) is 12.8 Å². The van der Waals surface area contributed by atoms with Crippen molar-refractivity contribution in [2.75, 3.05) is 6.61 Å². The maximum absolute atomic E-state index is 11.1. The monoisotopic (exact) mass is 161 g/mol. The molecular formula is C9H18O2. The summed E-state index contributed by atoms with van der Waals surface area (Å²) in [7, 11) is 0. The van der Waals surface area contributed by atoms with Crippen LogP contribution in [0.1, 0.15) is 44.1 Å². The first-order valence-electron chi connectivity index (χ1n) is 5.53. The molecule has 0 rings (SSSR count). The lowest BCUT2D eigenvalue weighted by Crippen LogP contribution is -2.14. The lowest BCUT2D eigenvalue weighted by atomic mass is 10.1. The highest BCUT2D eigenvalue weighted by Gasteiger charge is 2.10. The van der Waals surface area contributed by atoms with Crippen molar-refractivity contribution >= 4 is 5.97 Å². The average molecular weight is 161 g/mol. The summed E-state index contributed by atoms with van der Waals surface area (Å²) < 4.78 is 25.7. The molecule has 2 nitrogen and oxygen atoms in total. The molecule has 0 spiro atoms. The second-order valence-electron chi connectivity index (χ2n) is 2.58. The molecule has 0 radical (unpaired) electrons. The van der Waals surface area contributed by atoms with Crippen LogP contribution in [0.4, 0.5) is 0 Å². The van der Waals surface area contributed by atoms with Crippen molar-refractivity contribution in [2.45, 2.75) is 40.0 Å². The van der Waals surface area contributed by atoms with Gasteiger partial charge in [0, 0.05) is 4.11 Å². The lowest BCUT2D eigenvalue weighted by molar-refractivity contribution is -0.148. The molecule has 2 heteroatoms. The van der Waals surface area contributed by atoms with Gasteiger partial charge in [0.2, 0.25) is 0 Å². The van der Waals surface area contributed by atoms with Gasteiger partial charge in [0.1, 0.15) is 0 Å². The molecule has 0 aromatic heterocycles. The highest BCUT2D eigenvalue weighted by Crippen LogP contribution is 2.03. The van der Waals surface area contributed by atoms with Gasteiger partial charge >= 0.3 is 5.97 Å². The van der Waals surface area contributed by atoms with Gasteiger partial charge in [0.15, 0.2) is 0 Å². The van der Waals surface area contributed by atoms with E-state index in [0.29, 0.717) is 6.42 Å². The van der Waals surface area contributed by atoms with Crippen molar-refractivity contribution in [3.8, 4) is 0 Å². The summed E-state index contributed by atoms with van der Waals surface area (Å²) in [5, 5.41) is 0. The maximum atomic E-state index is 11.1. The Morgan fingerprint density at radius 2 is 2.45 bits per heavy atom. The molecule has 0 aliphatic heterocycles. The smallest absolute Gasteiger partial charge is 0.308 e. The minimum absolute atomic E-state index is 0.0947. The molecule has 66 valence electrons. The second kappa shape index (κ2) is 6.20. The van der Waals surface area contributed by atoms with Crippen molar-refractivity contribution < 1.29 is 13.6 Å². The van der Waals surface area contributed by atoms with Crippen LogP contribution in [0.3, 0.4) is 0 Å². The van der Waals surface area contributed by atoms with Gasteiger partial charge in [-0.3, -0.25) is 4.79 Å². The first-order chi connectivity index (χ1) is 6.37. The Morgan fingerprint density at radius 3 is 3.00 bits per heavy atom. The molecule has 11 heavy (non-hydrogen) atoms.